The second-order valence-electron chi connectivity index (χ2n) is 4.69. The number of carboxylic acid groups (broad SMARTS) is 1. The van der Waals surface area contributed by atoms with Crippen LogP contribution in [-0.4, -0.2) is 42.8 Å². The van der Waals surface area contributed by atoms with Crippen LogP contribution in [0.4, 0.5) is 10.5 Å². The molecule has 1 atom stereocenters. The molecule has 1 aromatic rings. The van der Waals surface area contributed by atoms with E-state index in [2.05, 4.69) is 20.5 Å². The molecule has 0 aliphatic carbocycles. The van der Waals surface area contributed by atoms with Gasteiger partial charge < -0.3 is 26.6 Å². The summed E-state index contributed by atoms with van der Waals surface area (Å²) < 4.78 is 4.99. The second kappa shape index (κ2) is 11.6. The Labute approximate surface area is 150 Å². The fourth-order valence-corrected chi connectivity index (χ4v) is 1.69. The third kappa shape index (κ3) is 9.11. The average molecular weight is 373 g/mol. The summed E-state index contributed by atoms with van der Waals surface area (Å²) in [5, 5.41) is 18.5. The van der Waals surface area contributed by atoms with E-state index in [9.17, 15) is 9.59 Å². The van der Waals surface area contributed by atoms with Gasteiger partial charge in [-0.2, -0.15) is 0 Å². The molecule has 0 aromatic heterocycles. The summed E-state index contributed by atoms with van der Waals surface area (Å²) in [7, 11) is 1.53. The first-order valence-corrected chi connectivity index (χ1v) is 7.07. The molecule has 10 nitrogen and oxygen atoms in total. The average Bonchev–Trinajstić information content (AvgIpc) is 2.55. The SMILES string of the molecule is COc1ccc(N=NC(=O)NC(CCCN=C(N)N)C(=O)O)cc1.Cl. The largest absolute Gasteiger partial charge is 0.497 e. The van der Waals surface area contributed by atoms with E-state index in [4.69, 9.17) is 21.3 Å². The Morgan fingerprint density at radius 3 is 2.44 bits per heavy atom. The van der Waals surface area contributed by atoms with Crippen molar-refractivity contribution in [1.29, 1.82) is 0 Å². The van der Waals surface area contributed by atoms with Crippen LogP contribution < -0.4 is 21.5 Å². The maximum Gasteiger partial charge on any atom is 0.360 e. The van der Waals surface area contributed by atoms with Crippen molar-refractivity contribution < 1.29 is 19.4 Å². The van der Waals surface area contributed by atoms with Gasteiger partial charge in [-0.25, -0.2) is 9.59 Å². The van der Waals surface area contributed by atoms with Crippen molar-refractivity contribution in [1.82, 2.24) is 5.32 Å². The maximum absolute atomic E-state index is 11.7. The van der Waals surface area contributed by atoms with Gasteiger partial charge in [-0.3, -0.25) is 4.99 Å². The zero-order chi connectivity index (χ0) is 17.9. The Kier molecular flexibility index (Phi) is 10.3. The molecule has 0 saturated heterocycles. The molecule has 0 aliphatic heterocycles. The fraction of sp³-hybridized carbons (Fsp3) is 0.357. The number of benzene rings is 1. The molecule has 0 saturated carbocycles. The zero-order valence-corrected chi connectivity index (χ0v) is 14.4. The van der Waals surface area contributed by atoms with Crippen molar-refractivity contribution in [2.45, 2.75) is 18.9 Å². The number of carbonyl (C=O) groups is 2. The zero-order valence-electron chi connectivity index (χ0n) is 13.6. The summed E-state index contributed by atoms with van der Waals surface area (Å²) >= 11 is 0. The number of nitrogens with one attached hydrogen (secondary N) is 1. The Bertz CT molecular complexity index is 616. The van der Waals surface area contributed by atoms with Gasteiger partial charge in [0.25, 0.3) is 0 Å². The first kappa shape index (κ1) is 22.1. The first-order valence-electron chi connectivity index (χ1n) is 7.07. The summed E-state index contributed by atoms with van der Waals surface area (Å²) in [5.41, 5.74) is 10.8. The van der Waals surface area contributed by atoms with Crippen LogP contribution in [-0.2, 0) is 4.79 Å². The Hall–Kier alpha value is -2.88. The molecule has 0 bridgehead atoms. The number of guanidine groups is 1. The normalized spacial score (nSPS) is 11.2. The molecule has 6 N–H and O–H groups in total. The number of carbonyl (C=O) groups excluding carboxylic acids is 1. The molecular weight excluding hydrogens is 352 g/mol. The van der Waals surface area contributed by atoms with Gasteiger partial charge in [0.05, 0.1) is 12.8 Å². The van der Waals surface area contributed by atoms with Gasteiger partial charge in [0.15, 0.2) is 5.96 Å². The summed E-state index contributed by atoms with van der Waals surface area (Å²) in [5.74, 6) is -0.600. The third-order valence-corrected chi connectivity index (χ3v) is 2.87. The predicted molar refractivity (Wildman–Crippen MR) is 94.6 cm³/mol. The highest BCUT2D eigenvalue weighted by molar-refractivity contribution is 5.85. The number of rotatable bonds is 8. The monoisotopic (exact) mass is 372 g/mol. The number of nitrogens with two attached hydrogens (primary N) is 2. The number of aliphatic imine (C=N–C) groups is 1. The number of carboxylic acids is 1. The van der Waals surface area contributed by atoms with Crippen molar-refractivity contribution in [3.63, 3.8) is 0 Å². The molecule has 138 valence electrons. The fourth-order valence-electron chi connectivity index (χ4n) is 1.69. The van der Waals surface area contributed by atoms with Crippen molar-refractivity contribution >= 4 is 36.1 Å². The number of urea groups is 1. The van der Waals surface area contributed by atoms with Gasteiger partial charge in [-0.05, 0) is 37.1 Å². The van der Waals surface area contributed by atoms with Crippen LogP contribution in [0.2, 0.25) is 0 Å². The molecule has 2 amide bonds. The van der Waals surface area contributed by atoms with E-state index in [1.807, 2.05) is 0 Å². The molecule has 1 unspecified atom stereocenters. The molecule has 25 heavy (non-hydrogen) atoms. The van der Waals surface area contributed by atoms with E-state index in [-0.39, 0.29) is 31.3 Å². The standard InChI is InChI=1S/C14H20N6O4.ClH/c1-24-10-6-4-9(5-7-10)19-20-14(23)18-11(12(21)22)3-2-8-17-13(15)16;/h4-7,11H,2-3,8H2,1H3,(H,18,23)(H,21,22)(H4,15,16,17);1H. The van der Waals surface area contributed by atoms with Gasteiger partial charge in [-0.15, -0.1) is 17.5 Å². The molecule has 0 spiro atoms. The highest BCUT2D eigenvalue weighted by atomic mass is 35.5. The molecule has 0 fully saturated rings. The van der Waals surface area contributed by atoms with E-state index < -0.39 is 18.0 Å². The highest BCUT2D eigenvalue weighted by Crippen LogP contribution is 2.17. The number of nitrogens with zero attached hydrogens (tertiary/aromatic N) is 3. The molecular formula is C14H21ClN6O4. The predicted octanol–water partition coefficient (Wildman–Crippen LogP) is 1.42. The molecule has 0 heterocycles. The number of aliphatic carboxylic acids is 1. The number of hydrogen-bond acceptors (Lipinski definition) is 5. The number of amides is 2. The van der Waals surface area contributed by atoms with Crippen molar-refractivity contribution in [2.75, 3.05) is 13.7 Å². The lowest BCUT2D eigenvalue weighted by molar-refractivity contribution is -0.139. The van der Waals surface area contributed by atoms with Crippen molar-refractivity contribution in [2.24, 2.45) is 26.7 Å². The minimum absolute atomic E-state index is 0. The lowest BCUT2D eigenvalue weighted by Crippen LogP contribution is -2.39. The number of methoxy groups -OCH3 is 1. The highest BCUT2D eigenvalue weighted by Gasteiger charge is 2.19. The van der Waals surface area contributed by atoms with Crippen LogP contribution in [0.25, 0.3) is 0 Å². The maximum atomic E-state index is 11.7. The first-order chi connectivity index (χ1) is 11.4. The smallest absolute Gasteiger partial charge is 0.360 e. The summed E-state index contributed by atoms with van der Waals surface area (Å²) in [4.78, 5) is 26.5. The topological polar surface area (TPSA) is 165 Å². The van der Waals surface area contributed by atoms with Gasteiger partial charge in [-0.1, -0.05) is 5.11 Å². The van der Waals surface area contributed by atoms with E-state index >= 15 is 0 Å². The lowest BCUT2D eigenvalue weighted by Gasteiger charge is -2.11. The van der Waals surface area contributed by atoms with Gasteiger partial charge >= 0.3 is 12.0 Å². The number of ether oxygens (including phenoxy) is 1. The van der Waals surface area contributed by atoms with E-state index in [0.29, 0.717) is 17.9 Å². The van der Waals surface area contributed by atoms with Crippen LogP contribution in [0.1, 0.15) is 12.8 Å². The van der Waals surface area contributed by atoms with E-state index in [1.54, 1.807) is 24.3 Å². The summed E-state index contributed by atoms with van der Waals surface area (Å²) in [6, 6.07) is 4.60. The van der Waals surface area contributed by atoms with Crippen molar-refractivity contribution in [3.05, 3.63) is 24.3 Å². The summed E-state index contributed by atoms with van der Waals surface area (Å²) in [6.07, 6.45) is 0.556. The van der Waals surface area contributed by atoms with Gasteiger partial charge in [0.2, 0.25) is 0 Å². The number of halogens is 1. The number of hydrogen-bond donors (Lipinski definition) is 4. The molecule has 1 rings (SSSR count). The van der Waals surface area contributed by atoms with Crippen LogP contribution >= 0.6 is 12.4 Å². The van der Waals surface area contributed by atoms with E-state index in [1.165, 1.54) is 7.11 Å². The molecule has 1 aromatic carbocycles. The minimum Gasteiger partial charge on any atom is -0.497 e. The minimum atomic E-state index is -1.17. The quantitative estimate of drug-likeness (QED) is 0.233. The van der Waals surface area contributed by atoms with Gasteiger partial charge in [0.1, 0.15) is 11.8 Å². The Morgan fingerprint density at radius 2 is 1.92 bits per heavy atom. The van der Waals surface area contributed by atoms with Crippen LogP contribution in [0.15, 0.2) is 39.5 Å². The summed E-state index contributed by atoms with van der Waals surface area (Å²) in [6.45, 7) is 0.273. The molecule has 0 radical (unpaired) electrons. The van der Waals surface area contributed by atoms with Gasteiger partial charge in [0, 0.05) is 6.54 Å². The number of azo groups is 1. The van der Waals surface area contributed by atoms with Crippen LogP contribution in [0.3, 0.4) is 0 Å². The second-order valence-corrected chi connectivity index (χ2v) is 4.69. The van der Waals surface area contributed by atoms with Crippen LogP contribution in [0.5, 0.6) is 5.75 Å². The van der Waals surface area contributed by atoms with Crippen molar-refractivity contribution in [3.8, 4) is 5.75 Å². The lowest BCUT2D eigenvalue weighted by atomic mass is 10.1. The molecule has 0 aliphatic rings. The molecule has 11 heteroatoms. The Morgan fingerprint density at radius 1 is 1.28 bits per heavy atom. The van der Waals surface area contributed by atoms with E-state index in [0.717, 1.165) is 0 Å². The Balaban J connectivity index is 0.00000576. The third-order valence-electron chi connectivity index (χ3n) is 2.87. The van der Waals surface area contributed by atoms with Crippen LogP contribution in [0, 0.1) is 0 Å².